The number of para-hydroxylation sites is 5. The molecule has 5 aromatic rings. The predicted molar refractivity (Wildman–Crippen MR) is 288 cm³/mol. The van der Waals surface area contributed by atoms with Gasteiger partial charge in [-0.15, -0.1) is 6.92 Å². The van der Waals surface area contributed by atoms with Gasteiger partial charge in [-0.1, -0.05) is 193 Å². The molecule has 2 aliphatic rings. The van der Waals surface area contributed by atoms with Crippen LogP contribution in [0.15, 0.2) is 120 Å². The van der Waals surface area contributed by atoms with Gasteiger partial charge in [-0.2, -0.15) is 24.4 Å². The van der Waals surface area contributed by atoms with E-state index in [1.165, 1.54) is 10.9 Å². The SMILES string of the molecule is CC.CC(C)(C)C.CC(C)(C)C.CC(C)(C)C.CC(C)(C)C.CC1(C)Oc2ccccc2C1(C)C.CC1(C)Oc2ccccc2O1.C[C-]=Nc1[c-]cccc1.[Y].c1ccc2ncccc2c1. The standard InChI is InChI=1S/C12H16O.C9H7N.C9H10O2.C8H7N.4C5H12.C2H6.Y/c1-11(2)9-7-5-6-8-10(9)13-12(11,3)4;1-2-6-9-8(4-1)5-3-7-10-9;1-9(2)10-7-5-3-4-6-8(7)11-9;1-2-9-8-6-4-3-5-7-8;4*1-5(2,3)4;1-2;/h5-8H,1-4H3;1-7H;3-6H,1-2H3;3-6H,1H3;4*1-4H3;1-2H3;/q;;;-2;;;;;;. The van der Waals surface area contributed by atoms with Gasteiger partial charge in [-0.3, -0.25) is 11.1 Å². The molecule has 1 radical (unpaired) electrons. The van der Waals surface area contributed by atoms with E-state index < -0.39 is 5.79 Å². The molecule has 0 saturated heterocycles. The van der Waals surface area contributed by atoms with Crippen LogP contribution in [0.2, 0.25) is 0 Å². The van der Waals surface area contributed by atoms with Crippen molar-refractivity contribution < 1.29 is 46.9 Å². The molecule has 0 aliphatic carbocycles. The average Bonchev–Trinajstić information content (AvgIpc) is 3.57. The van der Waals surface area contributed by atoms with E-state index in [1.807, 2.05) is 119 Å². The zero-order valence-corrected chi connectivity index (χ0v) is 49.5. The number of aliphatic imine (C=N–C) groups is 1. The number of fused-ring (bicyclic) bond motifs is 3. The number of pyridine rings is 1. The van der Waals surface area contributed by atoms with E-state index in [-0.39, 0.29) is 43.7 Å². The third-order valence-corrected chi connectivity index (χ3v) is 7.43. The molecule has 0 amide bonds. The van der Waals surface area contributed by atoms with Gasteiger partial charge in [0.25, 0.3) is 0 Å². The van der Waals surface area contributed by atoms with Gasteiger partial charge in [0.1, 0.15) is 11.4 Å². The fraction of sp³-hybridized carbons (Fsp3) is 0.533. The van der Waals surface area contributed by atoms with Crippen LogP contribution in [0.5, 0.6) is 17.2 Å². The summed E-state index contributed by atoms with van der Waals surface area (Å²) in [5, 5.41) is 1.20. The predicted octanol–water partition coefficient (Wildman–Crippen LogP) is 18.9. The van der Waals surface area contributed by atoms with Crippen molar-refractivity contribution in [1.29, 1.82) is 0 Å². The van der Waals surface area contributed by atoms with Crippen molar-refractivity contribution >= 4 is 22.8 Å². The summed E-state index contributed by atoms with van der Waals surface area (Å²) < 4.78 is 16.9. The molecule has 0 fully saturated rings. The Balaban J connectivity index is -0.000000702. The van der Waals surface area contributed by atoms with Crippen LogP contribution in [0.1, 0.15) is 179 Å². The first-order chi connectivity index (χ1) is 29.5. The number of hydrogen-bond donors (Lipinski definition) is 0. The van der Waals surface area contributed by atoms with Crippen LogP contribution in [0, 0.1) is 27.7 Å². The first-order valence-corrected chi connectivity index (χ1v) is 23.4. The number of aromatic nitrogens is 1. The normalized spacial score (nSPS) is 14.1. The van der Waals surface area contributed by atoms with E-state index in [4.69, 9.17) is 14.2 Å². The summed E-state index contributed by atoms with van der Waals surface area (Å²) in [6.45, 7) is 53.3. The van der Waals surface area contributed by atoms with Crippen LogP contribution in [0.25, 0.3) is 10.9 Å². The molecule has 5 nitrogen and oxygen atoms in total. The second-order valence-electron chi connectivity index (χ2n) is 23.6. The fourth-order valence-corrected chi connectivity index (χ4v) is 4.56. The third kappa shape index (κ3) is 35.6. The van der Waals surface area contributed by atoms with Gasteiger partial charge in [0.15, 0.2) is 11.5 Å². The molecule has 7 rings (SSSR count). The first kappa shape index (κ1) is 66.7. The Morgan fingerprint density at radius 3 is 1.27 bits per heavy atom. The van der Waals surface area contributed by atoms with Crippen LogP contribution in [-0.4, -0.2) is 22.6 Å². The van der Waals surface area contributed by atoms with E-state index in [1.54, 1.807) is 6.92 Å². The summed E-state index contributed by atoms with van der Waals surface area (Å²) in [5.41, 5.74) is 5.21. The van der Waals surface area contributed by atoms with Gasteiger partial charge in [0.05, 0.1) is 5.52 Å². The maximum Gasteiger partial charge on any atom is 0.246 e. The Labute approximate surface area is 432 Å². The fourth-order valence-electron chi connectivity index (χ4n) is 4.56. The molecule has 0 saturated carbocycles. The smallest absolute Gasteiger partial charge is 0.246 e. The summed E-state index contributed by atoms with van der Waals surface area (Å²) >= 11 is 0. The molecule has 0 N–H and O–H groups in total. The Hall–Kier alpha value is -3.54. The second kappa shape index (κ2) is 30.8. The summed E-state index contributed by atoms with van der Waals surface area (Å²) in [5.74, 6) is 2.21. The molecule has 66 heavy (non-hydrogen) atoms. The monoisotopic (exact) mass is 980 g/mol. The van der Waals surface area contributed by atoms with Crippen molar-refractivity contribution in [2.24, 2.45) is 26.7 Å². The minimum absolute atomic E-state index is 0. The molecule has 0 spiro atoms. The Kier molecular flexibility index (Phi) is 31.1. The van der Waals surface area contributed by atoms with Gasteiger partial charge in [0, 0.05) is 69.1 Å². The Morgan fingerprint density at radius 1 is 0.500 bits per heavy atom. The number of ether oxygens (including phenoxy) is 3. The Morgan fingerprint density at radius 2 is 0.879 bits per heavy atom. The zero-order valence-electron chi connectivity index (χ0n) is 46.7. The minimum Gasteiger partial charge on any atom is -0.487 e. The average molecular weight is 980 g/mol. The quantitative estimate of drug-likeness (QED) is 0.124. The van der Waals surface area contributed by atoms with Crippen molar-refractivity contribution in [1.82, 2.24) is 4.98 Å². The molecular formula is C60H94N2O3Y-2. The molecule has 0 bridgehead atoms. The van der Waals surface area contributed by atoms with Crippen molar-refractivity contribution in [3.05, 3.63) is 127 Å². The van der Waals surface area contributed by atoms with Gasteiger partial charge in [-0.05, 0) is 65.8 Å². The van der Waals surface area contributed by atoms with Gasteiger partial charge < -0.3 is 19.2 Å². The van der Waals surface area contributed by atoms with Gasteiger partial charge in [-0.25, -0.2) is 11.8 Å². The summed E-state index contributed by atoms with van der Waals surface area (Å²) in [6, 6.07) is 38.6. The summed E-state index contributed by atoms with van der Waals surface area (Å²) in [4.78, 5) is 8.08. The molecule has 3 heterocycles. The Bertz CT molecular complexity index is 1860. The van der Waals surface area contributed by atoms with Crippen LogP contribution in [-0.2, 0) is 38.1 Å². The molecule has 0 unspecified atom stereocenters. The minimum atomic E-state index is -0.496. The van der Waals surface area contributed by atoms with Gasteiger partial charge >= 0.3 is 0 Å². The van der Waals surface area contributed by atoms with Crippen LogP contribution in [0.4, 0.5) is 5.69 Å². The van der Waals surface area contributed by atoms with Crippen molar-refractivity contribution in [2.75, 3.05) is 0 Å². The molecule has 0 atom stereocenters. The van der Waals surface area contributed by atoms with Crippen LogP contribution >= 0.6 is 0 Å². The number of hydrogen-bond acceptors (Lipinski definition) is 5. The summed E-state index contributed by atoms with van der Waals surface area (Å²) in [7, 11) is 0. The third-order valence-electron chi connectivity index (χ3n) is 7.43. The molecule has 367 valence electrons. The first-order valence-electron chi connectivity index (χ1n) is 23.4. The van der Waals surface area contributed by atoms with E-state index in [9.17, 15) is 0 Å². The number of rotatable bonds is 1. The molecule has 6 heteroatoms. The van der Waals surface area contributed by atoms with Gasteiger partial charge in [0.2, 0.25) is 5.79 Å². The largest absolute Gasteiger partial charge is 0.487 e. The molecule has 2 aliphatic heterocycles. The second-order valence-corrected chi connectivity index (χ2v) is 23.6. The molecule has 4 aromatic carbocycles. The van der Waals surface area contributed by atoms with E-state index in [2.05, 4.69) is 185 Å². The van der Waals surface area contributed by atoms with Crippen LogP contribution in [0.3, 0.4) is 0 Å². The van der Waals surface area contributed by atoms with E-state index >= 15 is 0 Å². The van der Waals surface area contributed by atoms with Crippen molar-refractivity contribution in [3.63, 3.8) is 0 Å². The zero-order chi connectivity index (χ0) is 50.9. The van der Waals surface area contributed by atoms with E-state index in [0.717, 1.165) is 28.5 Å². The maximum atomic E-state index is 5.91. The van der Waals surface area contributed by atoms with Crippen LogP contribution < -0.4 is 14.2 Å². The maximum absolute atomic E-state index is 5.91. The number of nitrogens with zero attached hydrogens (tertiary/aromatic N) is 2. The van der Waals surface area contributed by atoms with E-state index in [0.29, 0.717) is 21.7 Å². The summed E-state index contributed by atoms with van der Waals surface area (Å²) in [6.07, 6.45) is 4.49. The topological polar surface area (TPSA) is 52.9 Å². The van der Waals surface area contributed by atoms with Crippen molar-refractivity contribution in [3.8, 4) is 17.2 Å². The number of benzene rings is 4. The molecule has 1 aromatic heterocycles. The molecular weight excluding hydrogens is 886 g/mol. The van der Waals surface area contributed by atoms with Crippen molar-refractivity contribution in [2.45, 2.75) is 190 Å².